The molecule has 0 bridgehead atoms. The number of benzene rings is 2. The maximum Gasteiger partial charge on any atom is 0.248 e. The number of anilines is 2. The van der Waals surface area contributed by atoms with Gasteiger partial charge in [-0.15, -0.1) is 0 Å². The van der Waals surface area contributed by atoms with Gasteiger partial charge in [0.05, 0.1) is 16.5 Å². The highest BCUT2D eigenvalue weighted by Gasteiger charge is 2.07. The highest BCUT2D eigenvalue weighted by Crippen LogP contribution is 2.21. The van der Waals surface area contributed by atoms with Crippen LogP contribution in [0.25, 0.3) is 11.3 Å². The van der Waals surface area contributed by atoms with Gasteiger partial charge in [-0.3, -0.25) is 9.00 Å². The molecule has 0 saturated carbocycles. The number of hydrogen-bond acceptors (Lipinski definition) is 6. The molecule has 3 aromatic rings. The standard InChI is InChI=1S/C20H20N4O3S/c21-19(26)15-2-6-16(7-3-15)23-20-22-11-10-18(24-20)14-4-8-17(9-5-14)28(27)13-1-12-25/h2-11,25H,1,12-13H2,(H2,21,26)(H,22,23,24). The molecule has 7 nitrogen and oxygen atoms in total. The molecule has 2 aromatic carbocycles. The monoisotopic (exact) mass is 396 g/mol. The zero-order valence-corrected chi connectivity index (χ0v) is 15.9. The number of carbonyl (C=O) groups is 1. The van der Waals surface area contributed by atoms with Gasteiger partial charge in [0.1, 0.15) is 0 Å². The topological polar surface area (TPSA) is 118 Å². The average molecular weight is 396 g/mol. The van der Waals surface area contributed by atoms with Gasteiger partial charge in [-0.25, -0.2) is 9.97 Å². The first-order valence-electron chi connectivity index (χ1n) is 8.66. The van der Waals surface area contributed by atoms with Gasteiger partial charge in [0.2, 0.25) is 11.9 Å². The normalized spacial score (nSPS) is 11.8. The molecular weight excluding hydrogens is 376 g/mol. The van der Waals surface area contributed by atoms with E-state index in [0.717, 1.165) is 21.8 Å². The molecule has 0 saturated heterocycles. The van der Waals surface area contributed by atoms with Crippen molar-refractivity contribution in [1.29, 1.82) is 0 Å². The predicted octanol–water partition coefficient (Wildman–Crippen LogP) is 2.48. The lowest BCUT2D eigenvalue weighted by atomic mass is 10.1. The Balaban J connectivity index is 1.74. The van der Waals surface area contributed by atoms with E-state index in [1.54, 1.807) is 48.7 Å². The van der Waals surface area contributed by atoms with E-state index in [4.69, 9.17) is 10.8 Å². The largest absolute Gasteiger partial charge is 0.396 e. The molecule has 1 amide bonds. The quantitative estimate of drug-likeness (QED) is 0.538. The summed E-state index contributed by atoms with van der Waals surface area (Å²) in [5, 5.41) is 11.9. The van der Waals surface area contributed by atoms with E-state index < -0.39 is 16.7 Å². The van der Waals surface area contributed by atoms with Crippen molar-refractivity contribution in [2.75, 3.05) is 17.7 Å². The maximum absolute atomic E-state index is 12.1. The van der Waals surface area contributed by atoms with Crippen LogP contribution in [0.1, 0.15) is 16.8 Å². The second-order valence-corrected chi connectivity index (χ2v) is 7.55. The summed E-state index contributed by atoms with van der Waals surface area (Å²) in [6, 6.07) is 15.8. The molecule has 3 rings (SSSR count). The lowest BCUT2D eigenvalue weighted by Gasteiger charge is -2.08. The summed E-state index contributed by atoms with van der Waals surface area (Å²) in [5.74, 6) is 0.372. The van der Waals surface area contributed by atoms with Gasteiger partial charge < -0.3 is 16.2 Å². The summed E-state index contributed by atoms with van der Waals surface area (Å²) < 4.78 is 12.1. The Kier molecular flexibility index (Phi) is 6.46. The lowest BCUT2D eigenvalue weighted by molar-refractivity contribution is 0.100. The Morgan fingerprint density at radius 1 is 1.07 bits per heavy atom. The van der Waals surface area contributed by atoms with Gasteiger partial charge in [-0.2, -0.15) is 0 Å². The molecule has 1 heterocycles. The fourth-order valence-electron chi connectivity index (χ4n) is 2.52. The van der Waals surface area contributed by atoms with Gasteiger partial charge in [0.25, 0.3) is 0 Å². The van der Waals surface area contributed by atoms with E-state index in [9.17, 15) is 9.00 Å². The summed E-state index contributed by atoms with van der Waals surface area (Å²) in [5.41, 5.74) is 7.99. The first-order chi connectivity index (χ1) is 13.6. The van der Waals surface area contributed by atoms with Crippen molar-refractivity contribution in [2.24, 2.45) is 5.73 Å². The Hall–Kier alpha value is -3.10. The van der Waals surface area contributed by atoms with E-state index in [2.05, 4.69) is 15.3 Å². The number of hydrogen-bond donors (Lipinski definition) is 3. The van der Waals surface area contributed by atoms with Crippen LogP contribution >= 0.6 is 0 Å². The molecular formula is C20H20N4O3S. The number of aliphatic hydroxyl groups is 1. The second kappa shape index (κ2) is 9.20. The van der Waals surface area contributed by atoms with Crippen LogP contribution < -0.4 is 11.1 Å². The maximum atomic E-state index is 12.1. The van der Waals surface area contributed by atoms with Gasteiger partial charge in [0.15, 0.2) is 0 Å². The highest BCUT2D eigenvalue weighted by molar-refractivity contribution is 7.85. The van der Waals surface area contributed by atoms with Crippen LogP contribution in [0.3, 0.4) is 0 Å². The molecule has 28 heavy (non-hydrogen) atoms. The fraction of sp³-hybridized carbons (Fsp3) is 0.150. The molecule has 144 valence electrons. The van der Waals surface area contributed by atoms with E-state index in [1.807, 2.05) is 12.1 Å². The van der Waals surface area contributed by atoms with Crippen molar-refractivity contribution >= 4 is 28.3 Å². The van der Waals surface area contributed by atoms with E-state index in [1.165, 1.54) is 0 Å². The summed E-state index contributed by atoms with van der Waals surface area (Å²) in [6.07, 6.45) is 2.16. The summed E-state index contributed by atoms with van der Waals surface area (Å²) in [6.45, 7) is 0.0335. The minimum atomic E-state index is -1.12. The van der Waals surface area contributed by atoms with Gasteiger partial charge in [-0.1, -0.05) is 12.1 Å². The second-order valence-electron chi connectivity index (χ2n) is 5.98. The number of nitrogens with zero attached hydrogens (tertiary/aromatic N) is 2. The third-order valence-corrected chi connectivity index (χ3v) is 5.44. The highest BCUT2D eigenvalue weighted by atomic mass is 32.2. The predicted molar refractivity (Wildman–Crippen MR) is 109 cm³/mol. The Bertz CT molecular complexity index is 976. The minimum Gasteiger partial charge on any atom is -0.396 e. The van der Waals surface area contributed by atoms with E-state index in [0.29, 0.717) is 23.7 Å². The van der Waals surface area contributed by atoms with Crippen LogP contribution in [0.2, 0.25) is 0 Å². The minimum absolute atomic E-state index is 0.0335. The van der Waals surface area contributed by atoms with Crippen LogP contribution in [0, 0.1) is 0 Å². The van der Waals surface area contributed by atoms with Crippen LogP contribution in [0.4, 0.5) is 11.6 Å². The Labute approximate surface area is 165 Å². The zero-order chi connectivity index (χ0) is 19.9. The van der Waals surface area contributed by atoms with Crippen molar-refractivity contribution in [3.63, 3.8) is 0 Å². The zero-order valence-electron chi connectivity index (χ0n) is 15.0. The first kappa shape index (κ1) is 19.7. The van der Waals surface area contributed by atoms with Crippen molar-refractivity contribution in [1.82, 2.24) is 9.97 Å². The van der Waals surface area contributed by atoms with Crippen molar-refractivity contribution in [3.8, 4) is 11.3 Å². The molecule has 1 aromatic heterocycles. The third kappa shape index (κ3) is 4.99. The lowest BCUT2D eigenvalue weighted by Crippen LogP contribution is -2.10. The third-order valence-electron chi connectivity index (χ3n) is 3.98. The van der Waals surface area contributed by atoms with Crippen LogP contribution in [0.5, 0.6) is 0 Å². The van der Waals surface area contributed by atoms with Gasteiger partial charge in [-0.05, 0) is 48.9 Å². The van der Waals surface area contributed by atoms with Gasteiger partial charge in [0, 0.05) is 40.3 Å². The van der Waals surface area contributed by atoms with E-state index in [-0.39, 0.29) is 6.61 Å². The molecule has 1 unspecified atom stereocenters. The molecule has 0 aliphatic carbocycles. The molecule has 0 radical (unpaired) electrons. The van der Waals surface area contributed by atoms with E-state index >= 15 is 0 Å². The Morgan fingerprint density at radius 3 is 2.43 bits per heavy atom. The smallest absolute Gasteiger partial charge is 0.248 e. The number of amides is 1. The average Bonchev–Trinajstić information content (AvgIpc) is 2.72. The number of carbonyl (C=O) groups excluding carboxylic acids is 1. The number of rotatable bonds is 8. The van der Waals surface area contributed by atoms with Crippen molar-refractivity contribution in [3.05, 3.63) is 66.4 Å². The van der Waals surface area contributed by atoms with Crippen LogP contribution in [-0.2, 0) is 10.8 Å². The molecule has 4 N–H and O–H groups in total. The first-order valence-corrected chi connectivity index (χ1v) is 9.98. The van der Waals surface area contributed by atoms with Crippen molar-refractivity contribution < 1.29 is 14.1 Å². The molecule has 0 fully saturated rings. The molecule has 0 aliphatic heterocycles. The number of nitrogens with two attached hydrogens (primary N) is 1. The SMILES string of the molecule is NC(=O)c1ccc(Nc2nccc(-c3ccc(S(=O)CCCO)cc3)n2)cc1. The Morgan fingerprint density at radius 2 is 1.79 bits per heavy atom. The fourth-order valence-corrected chi connectivity index (χ4v) is 3.58. The summed E-state index contributed by atoms with van der Waals surface area (Å²) >= 11 is 0. The number of aliphatic hydroxyl groups excluding tert-OH is 1. The summed E-state index contributed by atoms with van der Waals surface area (Å²) in [4.78, 5) is 20.6. The van der Waals surface area contributed by atoms with Crippen LogP contribution in [0.15, 0.2) is 65.7 Å². The molecule has 8 heteroatoms. The molecule has 0 aliphatic rings. The summed E-state index contributed by atoms with van der Waals surface area (Å²) in [7, 11) is -1.12. The molecule has 0 spiro atoms. The van der Waals surface area contributed by atoms with Crippen LogP contribution in [-0.4, -0.2) is 37.6 Å². The molecule has 1 atom stereocenters. The van der Waals surface area contributed by atoms with Crippen molar-refractivity contribution in [2.45, 2.75) is 11.3 Å². The number of nitrogens with one attached hydrogen (secondary N) is 1. The number of primary amides is 1. The number of aromatic nitrogens is 2. The van der Waals surface area contributed by atoms with Gasteiger partial charge >= 0.3 is 0 Å².